The highest BCUT2D eigenvalue weighted by atomic mass is 13.9. The second-order valence-corrected chi connectivity index (χ2v) is 2.59. The zero-order chi connectivity index (χ0) is 7.98. The van der Waals surface area contributed by atoms with Crippen molar-refractivity contribution in [3.8, 4) is 0 Å². The summed E-state index contributed by atoms with van der Waals surface area (Å²) in [6, 6.07) is 0. The standard InChI is InChI=1S/C10H16/c1-5-6-10(4)8-7-9(2)3/h5-8,10H,2H2,1,3-4H3. The molecule has 0 aromatic heterocycles. The van der Waals surface area contributed by atoms with Gasteiger partial charge in [-0.3, -0.25) is 0 Å². The zero-order valence-corrected chi connectivity index (χ0v) is 7.09. The monoisotopic (exact) mass is 136 g/mol. The molecule has 0 saturated heterocycles. The maximum atomic E-state index is 3.78. The Bertz CT molecular complexity index is 149. The van der Waals surface area contributed by atoms with E-state index in [1.807, 2.05) is 19.9 Å². The molecule has 0 spiro atoms. The number of hydrogen-bond acceptors (Lipinski definition) is 0. The van der Waals surface area contributed by atoms with E-state index in [4.69, 9.17) is 0 Å². The quantitative estimate of drug-likeness (QED) is 0.412. The van der Waals surface area contributed by atoms with Crippen molar-refractivity contribution in [3.05, 3.63) is 36.5 Å². The molecule has 0 aliphatic carbocycles. The van der Waals surface area contributed by atoms with Crippen LogP contribution in [0.1, 0.15) is 20.8 Å². The molecule has 0 bridgehead atoms. The lowest BCUT2D eigenvalue weighted by molar-refractivity contribution is 0.936. The Morgan fingerprint density at radius 1 is 1.40 bits per heavy atom. The van der Waals surface area contributed by atoms with Gasteiger partial charge in [0.1, 0.15) is 0 Å². The van der Waals surface area contributed by atoms with Gasteiger partial charge < -0.3 is 0 Å². The summed E-state index contributed by atoms with van der Waals surface area (Å²) >= 11 is 0. The van der Waals surface area contributed by atoms with Crippen molar-refractivity contribution in [1.29, 1.82) is 0 Å². The van der Waals surface area contributed by atoms with E-state index in [1.165, 1.54) is 0 Å². The topological polar surface area (TPSA) is 0 Å². The molecule has 0 aliphatic heterocycles. The fourth-order valence-electron chi connectivity index (χ4n) is 0.684. The smallest absolute Gasteiger partial charge is 0.00788 e. The van der Waals surface area contributed by atoms with Crippen LogP contribution in [0.2, 0.25) is 0 Å². The third-order valence-electron chi connectivity index (χ3n) is 1.18. The van der Waals surface area contributed by atoms with E-state index in [9.17, 15) is 0 Å². The van der Waals surface area contributed by atoms with Crippen LogP contribution in [0.15, 0.2) is 36.5 Å². The average molecular weight is 136 g/mol. The lowest BCUT2D eigenvalue weighted by Crippen LogP contribution is -1.80. The molecule has 0 rings (SSSR count). The number of allylic oxidation sites excluding steroid dienone is 5. The van der Waals surface area contributed by atoms with Crippen molar-refractivity contribution in [2.75, 3.05) is 0 Å². The van der Waals surface area contributed by atoms with E-state index in [1.54, 1.807) is 0 Å². The van der Waals surface area contributed by atoms with Gasteiger partial charge in [-0.15, -0.1) is 0 Å². The van der Waals surface area contributed by atoms with Crippen LogP contribution in [0.4, 0.5) is 0 Å². The van der Waals surface area contributed by atoms with Crippen molar-refractivity contribution in [3.63, 3.8) is 0 Å². The van der Waals surface area contributed by atoms with Crippen molar-refractivity contribution >= 4 is 0 Å². The fraction of sp³-hybridized carbons (Fsp3) is 0.400. The Morgan fingerprint density at radius 2 is 2.00 bits per heavy atom. The summed E-state index contributed by atoms with van der Waals surface area (Å²) in [6.07, 6.45) is 8.40. The predicted octanol–water partition coefficient (Wildman–Crippen LogP) is 3.33. The Kier molecular flexibility index (Phi) is 4.65. The summed E-state index contributed by atoms with van der Waals surface area (Å²) in [6.45, 7) is 9.96. The maximum absolute atomic E-state index is 3.78. The third-order valence-corrected chi connectivity index (χ3v) is 1.18. The van der Waals surface area contributed by atoms with Crippen LogP contribution in [0.5, 0.6) is 0 Å². The molecule has 0 nitrogen and oxygen atoms in total. The van der Waals surface area contributed by atoms with Crippen LogP contribution in [0.3, 0.4) is 0 Å². The molecule has 10 heavy (non-hydrogen) atoms. The highest BCUT2D eigenvalue weighted by Crippen LogP contribution is 2.01. The van der Waals surface area contributed by atoms with E-state index in [0.717, 1.165) is 5.57 Å². The Hall–Kier alpha value is -0.780. The molecule has 0 aromatic carbocycles. The maximum Gasteiger partial charge on any atom is -0.00788 e. The first-order valence-electron chi connectivity index (χ1n) is 3.63. The van der Waals surface area contributed by atoms with Crippen molar-refractivity contribution in [2.45, 2.75) is 20.8 Å². The highest BCUT2D eigenvalue weighted by molar-refractivity contribution is 5.13. The van der Waals surface area contributed by atoms with Gasteiger partial charge in [-0.05, 0) is 19.8 Å². The third kappa shape index (κ3) is 5.36. The normalized spacial score (nSPS) is 14.7. The summed E-state index contributed by atoms with van der Waals surface area (Å²) in [7, 11) is 0. The minimum Gasteiger partial charge on any atom is -0.0961 e. The van der Waals surface area contributed by atoms with Gasteiger partial charge in [0, 0.05) is 0 Å². The fourth-order valence-corrected chi connectivity index (χ4v) is 0.684. The molecule has 0 N–H and O–H groups in total. The molecule has 0 aliphatic rings. The van der Waals surface area contributed by atoms with Crippen LogP contribution in [0.25, 0.3) is 0 Å². The minimum absolute atomic E-state index is 0.529. The molecule has 0 heterocycles. The van der Waals surface area contributed by atoms with Crippen molar-refractivity contribution in [2.24, 2.45) is 5.92 Å². The van der Waals surface area contributed by atoms with Crippen LogP contribution in [-0.4, -0.2) is 0 Å². The SMILES string of the molecule is C=C(C)C=CC(C)C=CC. The van der Waals surface area contributed by atoms with E-state index in [-0.39, 0.29) is 0 Å². The van der Waals surface area contributed by atoms with Gasteiger partial charge in [-0.2, -0.15) is 0 Å². The lowest BCUT2D eigenvalue weighted by Gasteiger charge is -1.95. The molecule has 0 saturated carbocycles. The summed E-state index contributed by atoms with van der Waals surface area (Å²) < 4.78 is 0. The van der Waals surface area contributed by atoms with Gasteiger partial charge in [-0.25, -0.2) is 0 Å². The van der Waals surface area contributed by atoms with Gasteiger partial charge in [0.05, 0.1) is 0 Å². The van der Waals surface area contributed by atoms with E-state index in [0.29, 0.717) is 5.92 Å². The molecule has 56 valence electrons. The second-order valence-electron chi connectivity index (χ2n) is 2.59. The molecule has 0 aromatic rings. The van der Waals surface area contributed by atoms with Gasteiger partial charge in [0.2, 0.25) is 0 Å². The Labute approximate surface area is 64.0 Å². The summed E-state index contributed by atoms with van der Waals surface area (Å²) in [4.78, 5) is 0. The minimum atomic E-state index is 0.529. The molecule has 1 atom stereocenters. The Balaban J connectivity index is 3.77. The molecule has 0 heteroatoms. The Morgan fingerprint density at radius 3 is 2.40 bits per heavy atom. The molecule has 0 amide bonds. The van der Waals surface area contributed by atoms with Gasteiger partial charge in [-0.1, -0.05) is 43.4 Å². The summed E-state index contributed by atoms with van der Waals surface area (Å²) in [5.41, 5.74) is 1.11. The molecule has 1 unspecified atom stereocenters. The molecular weight excluding hydrogens is 120 g/mol. The van der Waals surface area contributed by atoms with E-state index in [2.05, 4.69) is 31.7 Å². The van der Waals surface area contributed by atoms with Gasteiger partial charge >= 0.3 is 0 Å². The largest absolute Gasteiger partial charge is 0.0961 e. The first-order chi connectivity index (χ1) is 4.66. The first-order valence-corrected chi connectivity index (χ1v) is 3.63. The van der Waals surface area contributed by atoms with Crippen LogP contribution in [0, 0.1) is 5.92 Å². The second kappa shape index (κ2) is 5.04. The van der Waals surface area contributed by atoms with E-state index < -0.39 is 0 Å². The summed E-state index contributed by atoms with van der Waals surface area (Å²) in [5.74, 6) is 0.529. The molecule has 0 radical (unpaired) electrons. The number of rotatable bonds is 3. The van der Waals surface area contributed by atoms with Gasteiger partial charge in [0.15, 0.2) is 0 Å². The van der Waals surface area contributed by atoms with Crippen LogP contribution < -0.4 is 0 Å². The lowest BCUT2D eigenvalue weighted by atomic mass is 10.1. The van der Waals surface area contributed by atoms with E-state index >= 15 is 0 Å². The van der Waals surface area contributed by atoms with Crippen molar-refractivity contribution in [1.82, 2.24) is 0 Å². The number of hydrogen-bond donors (Lipinski definition) is 0. The van der Waals surface area contributed by atoms with Crippen LogP contribution in [-0.2, 0) is 0 Å². The van der Waals surface area contributed by atoms with Crippen molar-refractivity contribution < 1.29 is 0 Å². The zero-order valence-electron chi connectivity index (χ0n) is 7.09. The van der Waals surface area contributed by atoms with Crippen LogP contribution >= 0.6 is 0 Å². The first kappa shape index (κ1) is 9.22. The predicted molar refractivity (Wildman–Crippen MR) is 47.9 cm³/mol. The highest BCUT2D eigenvalue weighted by Gasteiger charge is 1.85. The van der Waals surface area contributed by atoms with Gasteiger partial charge in [0.25, 0.3) is 0 Å². The average Bonchev–Trinajstić information content (AvgIpc) is 1.85. The summed E-state index contributed by atoms with van der Waals surface area (Å²) in [5, 5.41) is 0. The molecular formula is C10H16. The molecule has 0 fully saturated rings.